The topological polar surface area (TPSA) is 95.5 Å². The zero-order valence-electron chi connectivity index (χ0n) is 21.2. The van der Waals surface area contributed by atoms with E-state index in [0.29, 0.717) is 0 Å². The van der Waals surface area contributed by atoms with Crippen LogP contribution < -0.4 is 21.6 Å². The lowest BCUT2D eigenvalue weighted by atomic mass is 9.95. The Bertz CT molecular complexity index is 1150. The number of carbonyl (C=O) groups excluding carboxylic acids is 2. The van der Waals surface area contributed by atoms with Crippen LogP contribution in [-0.2, 0) is 0 Å². The average molecular weight is 492 g/mol. The first-order chi connectivity index (χ1) is 17.4. The van der Waals surface area contributed by atoms with E-state index in [1.54, 1.807) is 24.3 Å². The molecule has 3 N–H and O–H groups in total. The first kappa shape index (κ1) is 24.7. The summed E-state index contributed by atoms with van der Waals surface area (Å²) >= 11 is 0. The molecule has 3 atom stereocenters. The number of nitrogens with one attached hydrogen (secondary N) is 3. The molecule has 2 amide bonds. The minimum atomic E-state index is -0.482. The van der Waals surface area contributed by atoms with Crippen molar-refractivity contribution < 1.29 is 9.59 Å². The van der Waals surface area contributed by atoms with Crippen LogP contribution in [0.2, 0.25) is 0 Å². The normalized spacial score (nSPS) is 23.3. The molecule has 8 heteroatoms. The van der Waals surface area contributed by atoms with E-state index >= 15 is 0 Å². The van der Waals surface area contributed by atoms with E-state index in [0.717, 1.165) is 44.9 Å². The van der Waals surface area contributed by atoms with Gasteiger partial charge in [-0.2, -0.15) is 0 Å². The minimum Gasteiger partial charge on any atom is -0.349 e. The fourth-order valence-corrected chi connectivity index (χ4v) is 5.45. The molecule has 8 nitrogen and oxygen atoms in total. The van der Waals surface area contributed by atoms with Crippen LogP contribution in [0.15, 0.2) is 47.5 Å². The molecule has 36 heavy (non-hydrogen) atoms. The summed E-state index contributed by atoms with van der Waals surface area (Å²) in [5.74, 6) is -0.710. The predicted molar refractivity (Wildman–Crippen MR) is 139 cm³/mol. The van der Waals surface area contributed by atoms with Crippen molar-refractivity contribution in [3.05, 3.63) is 69.6 Å². The number of amides is 2. The van der Waals surface area contributed by atoms with E-state index in [1.165, 1.54) is 12.0 Å². The van der Waals surface area contributed by atoms with E-state index in [-0.39, 0.29) is 53.2 Å². The predicted octanol–water partition coefficient (Wildman–Crippen LogP) is 3.31. The lowest BCUT2D eigenvalue weighted by Gasteiger charge is -2.29. The molecular weight excluding hydrogens is 454 g/mol. The number of benzene rings is 1. The van der Waals surface area contributed by atoms with Crippen LogP contribution in [0.3, 0.4) is 0 Å². The summed E-state index contributed by atoms with van der Waals surface area (Å²) in [7, 11) is 1.74. The highest BCUT2D eigenvalue weighted by Gasteiger charge is 2.34. The molecule has 0 spiro atoms. The van der Waals surface area contributed by atoms with Crippen LogP contribution in [0.5, 0.6) is 0 Å². The van der Waals surface area contributed by atoms with Gasteiger partial charge in [0.25, 0.3) is 11.8 Å². The maximum atomic E-state index is 13.6. The second-order valence-corrected chi connectivity index (χ2v) is 10.7. The van der Waals surface area contributed by atoms with Crippen LogP contribution >= 0.6 is 0 Å². The van der Waals surface area contributed by atoms with Gasteiger partial charge in [-0.1, -0.05) is 49.6 Å². The molecule has 192 valence electrons. The summed E-state index contributed by atoms with van der Waals surface area (Å²) in [6.45, 7) is 1.99. The van der Waals surface area contributed by atoms with Gasteiger partial charge >= 0.3 is 0 Å². The van der Waals surface area contributed by atoms with Crippen molar-refractivity contribution in [2.24, 2.45) is 0 Å². The van der Waals surface area contributed by atoms with Crippen LogP contribution in [0.1, 0.15) is 96.7 Å². The van der Waals surface area contributed by atoms with Crippen LogP contribution in [0, 0.1) is 0 Å². The lowest BCUT2D eigenvalue weighted by Crippen LogP contribution is -2.49. The summed E-state index contributed by atoms with van der Waals surface area (Å²) in [6, 6.07) is 10.6. The zero-order chi connectivity index (χ0) is 25.2. The van der Waals surface area contributed by atoms with Crippen molar-refractivity contribution in [2.75, 3.05) is 7.05 Å². The average Bonchev–Trinajstić information content (AvgIpc) is 3.64. The van der Waals surface area contributed by atoms with Crippen molar-refractivity contribution in [3.8, 4) is 0 Å². The highest BCUT2D eigenvalue weighted by Crippen LogP contribution is 2.35. The molecule has 1 saturated heterocycles. The SMILES string of the molecule is CC(C1CC(c2ccccc2)NN1)N(C)C(=O)c1cn(C2CC2)cc(C(=O)NC2CCCCC2)c1=O. The lowest BCUT2D eigenvalue weighted by molar-refractivity contribution is 0.0713. The summed E-state index contributed by atoms with van der Waals surface area (Å²) < 4.78 is 1.89. The fourth-order valence-electron chi connectivity index (χ4n) is 5.45. The largest absolute Gasteiger partial charge is 0.349 e. The fraction of sp³-hybridized carbons (Fsp3) is 0.536. The van der Waals surface area contributed by atoms with Gasteiger partial charge in [-0.25, -0.2) is 5.43 Å². The third-order valence-corrected chi connectivity index (χ3v) is 8.08. The molecule has 3 aliphatic rings. The summed E-state index contributed by atoms with van der Waals surface area (Å²) in [6.07, 6.45) is 11.3. The van der Waals surface area contributed by atoms with E-state index < -0.39 is 5.43 Å². The van der Waals surface area contributed by atoms with Crippen molar-refractivity contribution in [3.63, 3.8) is 0 Å². The maximum Gasteiger partial charge on any atom is 0.259 e. The number of hydrogen-bond acceptors (Lipinski definition) is 5. The van der Waals surface area contributed by atoms with Crippen molar-refractivity contribution in [2.45, 2.75) is 88.5 Å². The molecule has 3 fully saturated rings. The summed E-state index contributed by atoms with van der Waals surface area (Å²) in [5, 5.41) is 3.05. The van der Waals surface area contributed by atoms with E-state index in [9.17, 15) is 14.4 Å². The minimum absolute atomic E-state index is 0.0209. The molecule has 2 aromatic rings. The molecule has 0 bridgehead atoms. The number of nitrogens with zero attached hydrogens (tertiary/aromatic N) is 2. The molecule has 2 heterocycles. The van der Waals surface area contributed by atoms with E-state index in [1.807, 2.05) is 29.7 Å². The van der Waals surface area contributed by atoms with Gasteiger partial charge in [0, 0.05) is 49.7 Å². The van der Waals surface area contributed by atoms with Crippen LogP contribution in [0.25, 0.3) is 0 Å². The van der Waals surface area contributed by atoms with E-state index in [2.05, 4.69) is 28.3 Å². The zero-order valence-corrected chi connectivity index (χ0v) is 21.2. The monoisotopic (exact) mass is 491 g/mol. The Labute approximate surface area is 212 Å². The Morgan fingerprint density at radius 3 is 2.39 bits per heavy atom. The van der Waals surface area contributed by atoms with Gasteiger partial charge < -0.3 is 14.8 Å². The van der Waals surface area contributed by atoms with Crippen molar-refractivity contribution in [1.82, 2.24) is 25.6 Å². The Hall–Kier alpha value is -2.97. The summed E-state index contributed by atoms with van der Waals surface area (Å²) in [5.41, 5.74) is 7.52. The second kappa shape index (κ2) is 10.6. The molecule has 2 saturated carbocycles. The Balaban J connectivity index is 1.34. The Morgan fingerprint density at radius 1 is 1.00 bits per heavy atom. The number of pyridine rings is 1. The van der Waals surface area contributed by atoms with Crippen LogP contribution in [-0.4, -0.2) is 46.5 Å². The maximum absolute atomic E-state index is 13.6. The van der Waals surface area contributed by atoms with Gasteiger partial charge in [0.05, 0.1) is 0 Å². The van der Waals surface area contributed by atoms with E-state index in [4.69, 9.17) is 0 Å². The quantitative estimate of drug-likeness (QED) is 0.552. The third-order valence-electron chi connectivity index (χ3n) is 8.08. The van der Waals surface area contributed by atoms with Gasteiger partial charge in [-0.05, 0) is 44.6 Å². The summed E-state index contributed by atoms with van der Waals surface area (Å²) in [4.78, 5) is 41.8. The van der Waals surface area contributed by atoms with Crippen molar-refractivity contribution >= 4 is 11.8 Å². The van der Waals surface area contributed by atoms with Gasteiger partial charge in [0.1, 0.15) is 11.1 Å². The first-order valence-electron chi connectivity index (χ1n) is 13.3. The molecule has 3 unspecified atom stereocenters. The smallest absolute Gasteiger partial charge is 0.259 e. The van der Waals surface area contributed by atoms with Gasteiger partial charge in [-0.3, -0.25) is 19.8 Å². The number of likely N-dealkylation sites (N-methyl/N-ethyl adjacent to an activating group) is 1. The van der Waals surface area contributed by atoms with Gasteiger partial charge in [0.15, 0.2) is 0 Å². The van der Waals surface area contributed by atoms with Crippen molar-refractivity contribution in [1.29, 1.82) is 0 Å². The van der Waals surface area contributed by atoms with Gasteiger partial charge in [0.2, 0.25) is 5.43 Å². The van der Waals surface area contributed by atoms with Crippen LogP contribution in [0.4, 0.5) is 0 Å². The molecule has 1 aromatic heterocycles. The number of hydrazine groups is 1. The molecule has 2 aliphatic carbocycles. The molecule has 1 aromatic carbocycles. The van der Waals surface area contributed by atoms with Gasteiger partial charge in [-0.15, -0.1) is 0 Å². The third kappa shape index (κ3) is 5.25. The highest BCUT2D eigenvalue weighted by atomic mass is 16.2. The second-order valence-electron chi connectivity index (χ2n) is 10.7. The molecule has 5 rings (SSSR count). The molecule has 1 aliphatic heterocycles. The number of carbonyl (C=O) groups is 2. The standard InChI is InChI=1S/C28H37N5O3/c1-18(24-15-25(31-30-24)19-9-5-3-6-10-19)32(2)28(36)23-17-33(21-13-14-21)16-22(26(23)34)27(35)29-20-11-7-4-8-12-20/h3,5-6,9-10,16-18,20-21,24-25,30-31H,4,7-8,11-15H2,1-2H3,(H,29,35). The highest BCUT2D eigenvalue weighted by molar-refractivity contribution is 5.99. The number of aromatic nitrogens is 1. The Morgan fingerprint density at radius 2 is 1.69 bits per heavy atom. The number of hydrogen-bond donors (Lipinski definition) is 3. The Kier molecular flexibility index (Phi) is 7.25. The molecule has 0 radical (unpaired) electrons. The first-order valence-corrected chi connectivity index (χ1v) is 13.3. The molecular formula is C28H37N5O3. The number of rotatable bonds is 7.